The first-order chi connectivity index (χ1) is 6.05. The Hall–Kier alpha value is -0.170. The van der Waals surface area contributed by atoms with Crippen LogP contribution < -0.4 is 5.32 Å². The summed E-state index contributed by atoms with van der Waals surface area (Å²) in [5, 5.41) is 20.0. The van der Waals surface area contributed by atoms with Gasteiger partial charge in [0.1, 0.15) is 0 Å². The average molecular weight is 211 g/mol. The molecule has 0 spiro atoms. The zero-order chi connectivity index (χ0) is 10.3. The molecular weight excluding hydrogens is 194 g/mol. The molecule has 0 amide bonds. The van der Waals surface area contributed by atoms with Crippen molar-refractivity contribution in [1.29, 1.82) is 0 Å². The standard InChI is InChI=1S/C7H17NO4S/c1-2-13(11,12)4-3-8-7(5-9)6-10/h7-10H,2-6H2,1H3. The second-order valence-electron chi connectivity index (χ2n) is 2.75. The number of aliphatic hydroxyl groups excluding tert-OH is 2. The normalized spacial score (nSPS) is 12.3. The Balaban J connectivity index is 3.67. The fraction of sp³-hybridized carbons (Fsp3) is 1.00. The second-order valence-corrected chi connectivity index (χ2v) is 5.23. The molecule has 0 bridgehead atoms. The van der Waals surface area contributed by atoms with Crippen LogP contribution in [0.2, 0.25) is 0 Å². The summed E-state index contributed by atoms with van der Waals surface area (Å²) in [6.07, 6.45) is 0. The Bertz CT molecular complexity index is 211. The Morgan fingerprint density at radius 1 is 1.31 bits per heavy atom. The van der Waals surface area contributed by atoms with Gasteiger partial charge in [0.05, 0.1) is 25.0 Å². The fourth-order valence-corrected chi connectivity index (χ4v) is 1.47. The topological polar surface area (TPSA) is 86.6 Å². The van der Waals surface area contributed by atoms with E-state index in [1.165, 1.54) is 0 Å². The zero-order valence-corrected chi connectivity index (χ0v) is 8.55. The largest absolute Gasteiger partial charge is 0.395 e. The number of rotatable bonds is 7. The summed E-state index contributed by atoms with van der Waals surface area (Å²) >= 11 is 0. The lowest BCUT2D eigenvalue weighted by atomic mass is 10.3. The molecule has 80 valence electrons. The van der Waals surface area contributed by atoms with Crippen molar-refractivity contribution in [1.82, 2.24) is 5.32 Å². The second kappa shape index (κ2) is 6.31. The van der Waals surface area contributed by atoms with Gasteiger partial charge < -0.3 is 15.5 Å². The molecule has 6 heteroatoms. The molecule has 0 heterocycles. The molecule has 0 aliphatic carbocycles. The van der Waals surface area contributed by atoms with Gasteiger partial charge in [-0.05, 0) is 0 Å². The third-order valence-corrected chi connectivity index (χ3v) is 3.43. The van der Waals surface area contributed by atoms with E-state index < -0.39 is 15.9 Å². The molecule has 0 fully saturated rings. The summed E-state index contributed by atoms with van der Waals surface area (Å²) < 4.78 is 22.0. The molecule has 0 radical (unpaired) electrons. The van der Waals surface area contributed by atoms with E-state index in [0.29, 0.717) is 0 Å². The minimum absolute atomic E-state index is 0.0417. The minimum atomic E-state index is -2.96. The molecule has 0 aromatic carbocycles. The van der Waals surface area contributed by atoms with Crippen molar-refractivity contribution in [3.63, 3.8) is 0 Å². The highest BCUT2D eigenvalue weighted by atomic mass is 32.2. The molecular formula is C7H17NO4S. The monoisotopic (exact) mass is 211 g/mol. The van der Waals surface area contributed by atoms with Crippen LogP contribution in [-0.2, 0) is 9.84 Å². The Morgan fingerprint density at radius 2 is 1.85 bits per heavy atom. The van der Waals surface area contributed by atoms with Gasteiger partial charge in [-0.2, -0.15) is 0 Å². The van der Waals surface area contributed by atoms with Gasteiger partial charge in [0.25, 0.3) is 0 Å². The van der Waals surface area contributed by atoms with Crippen molar-refractivity contribution in [2.45, 2.75) is 13.0 Å². The van der Waals surface area contributed by atoms with E-state index in [1.54, 1.807) is 6.92 Å². The van der Waals surface area contributed by atoms with Crippen molar-refractivity contribution in [2.24, 2.45) is 0 Å². The van der Waals surface area contributed by atoms with Crippen LogP contribution in [0, 0.1) is 0 Å². The molecule has 0 aromatic heterocycles. The summed E-state index contributed by atoms with van der Waals surface area (Å²) in [6.45, 7) is 1.47. The van der Waals surface area contributed by atoms with Crippen LogP contribution in [0.3, 0.4) is 0 Å². The predicted molar refractivity (Wildman–Crippen MR) is 50.3 cm³/mol. The highest BCUT2D eigenvalue weighted by molar-refractivity contribution is 7.91. The van der Waals surface area contributed by atoms with E-state index in [4.69, 9.17) is 10.2 Å². The number of nitrogens with one attached hydrogen (secondary N) is 1. The molecule has 0 aliphatic heterocycles. The Labute approximate surface area is 78.7 Å². The third kappa shape index (κ3) is 5.98. The number of sulfone groups is 1. The first kappa shape index (κ1) is 12.8. The van der Waals surface area contributed by atoms with Gasteiger partial charge in [-0.3, -0.25) is 0 Å². The number of hydrogen-bond donors (Lipinski definition) is 3. The molecule has 0 unspecified atom stereocenters. The molecule has 5 nitrogen and oxygen atoms in total. The summed E-state index contributed by atoms with van der Waals surface area (Å²) in [4.78, 5) is 0. The molecule has 0 saturated heterocycles. The number of hydrogen-bond acceptors (Lipinski definition) is 5. The van der Waals surface area contributed by atoms with Crippen molar-refractivity contribution >= 4 is 9.84 Å². The van der Waals surface area contributed by atoms with Gasteiger partial charge >= 0.3 is 0 Å². The van der Waals surface area contributed by atoms with Crippen LogP contribution in [0.1, 0.15) is 6.92 Å². The van der Waals surface area contributed by atoms with Crippen molar-refractivity contribution < 1.29 is 18.6 Å². The van der Waals surface area contributed by atoms with Gasteiger partial charge in [-0.25, -0.2) is 8.42 Å². The van der Waals surface area contributed by atoms with Crippen molar-refractivity contribution in [3.8, 4) is 0 Å². The zero-order valence-electron chi connectivity index (χ0n) is 7.73. The molecule has 0 atom stereocenters. The highest BCUT2D eigenvalue weighted by Crippen LogP contribution is 1.88. The van der Waals surface area contributed by atoms with Gasteiger partial charge in [0.15, 0.2) is 9.84 Å². The lowest BCUT2D eigenvalue weighted by molar-refractivity contribution is 0.173. The lowest BCUT2D eigenvalue weighted by Crippen LogP contribution is -2.38. The van der Waals surface area contributed by atoms with Crippen LogP contribution in [0.25, 0.3) is 0 Å². The van der Waals surface area contributed by atoms with Crippen LogP contribution in [-0.4, -0.2) is 55.9 Å². The quantitative estimate of drug-likeness (QED) is 0.470. The Morgan fingerprint density at radius 3 is 2.23 bits per heavy atom. The van der Waals surface area contributed by atoms with E-state index in [2.05, 4.69) is 5.32 Å². The van der Waals surface area contributed by atoms with Crippen LogP contribution in [0.4, 0.5) is 0 Å². The van der Waals surface area contributed by atoms with Crippen molar-refractivity contribution in [3.05, 3.63) is 0 Å². The molecule has 0 saturated carbocycles. The maximum atomic E-state index is 11.0. The van der Waals surface area contributed by atoms with E-state index in [9.17, 15) is 8.42 Å². The Kier molecular flexibility index (Phi) is 6.23. The van der Waals surface area contributed by atoms with Gasteiger partial charge in [0.2, 0.25) is 0 Å². The first-order valence-electron chi connectivity index (χ1n) is 4.21. The van der Waals surface area contributed by atoms with Gasteiger partial charge in [0, 0.05) is 12.3 Å². The molecule has 0 rings (SSSR count). The maximum absolute atomic E-state index is 11.0. The molecule has 13 heavy (non-hydrogen) atoms. The summed E-state index contributed by atoms with van der Waals surface area (Å²) in [5.41, 5.74) is 0. The fourth-order valence-electron chi connectivity index (χ4n) is 0.750. The van der Waals surface area contributed by atoms with Gasteiger partial charge in [-0.15, -0.1) is 0 Å². The number of aliphatic hydroxyl groups is 2. The molecule has 3 N–H and O–H groups in total. The average Bonchev–Trinajstić information content (AvgIpc) is 2.12. The predicted octanol–water partition coefficient (Wildman–Crippen LogP) is -1.64. The highest BCUT2D eigenvalue weighted by Gasteiger charge is 2.09. The maximum Gasteiger partial charge on any atom is 0.151 e. The molecule has 0 aliphatic rings. The molecule has 0 aromatic rings. The van der Waals surface area contributed by atoms with Crippen LogP contribution in [0.15, 0.2) is 0 Å². The van der Waals surface area contributed by atoms with Crippen LogP contribution >= 0.6 is 0 Å². The summed E-state index contributed by atoms with van der Waals surface area (Å²) in [6, 6.07) is -0.424. The van der Waals surface area contributed by atoms with E-state index in [0.717, 1.165) is 0 Å². The summed E-state index contributed by atoms with van der Waals surface area (Å²) in [5.74, 6) is 0.164. The van der Waals surface area contributed by atoms with Crippen molar-refractivity contribution in [2.75, 3.05) is 31.3 Å². The van der Waals surface area contributed by atoms with Gasteiger partial charge in [-0.1, -0.05) is 6.92 Å². The smallest absolute Gasteiger partial charge is 0.151 e. The first-order valence-corrected chi connectivity index (χ1v) is 6.03. The lowest BCUT2D eigenvalue weighted by Gasteiger charge is -2.12. The van der Waals surface area contributed by atoms with Crippen LogP contribution in [0.5, 0.6) is 0 Å². The van der Waals surface area contributed by atoms with E-state index in [-0.39, 0.29) is 31.3 Å². The SMILES string of the molecule is CCS(=O)(=O)CCNC(CO)CO. The minimum Gasteiger partial charge on any atom is -0.395 e. The van der Waals surface area contributed by atoms with E-state index in [1.807, 2.05) is 0 Å². The van der Waals surface area contributed by atoms with E-state index >= 15 is 0 Å². The third-order valence-electron chi connectivity index (χ3n) is 1.73. The summed E-state index contributed by atoms with van der Waals surface area (Å²) in [7, 11) is -2.96.